The third-order valence-corrected chi connectivity index (χ3v) is 4.58. The molecule has 0 aromatic heterocycles. The van der Waals surface area contributed by atoms with Gasteiger partial charge in [-0.05, 0) is 62.3 Å². The first-order valence-electron chi connectivity index (χ1n) is 8.31. The van der Waals surface area contributed by atoms with E-state index in [1.807, 2.05) is 6.08 Å². The summed E-state index contributed by atoms with van der Waals surface area (Å²) in [5, 5.41) is 0. The number of hydrogen-bond acceptors (Lipinski definition) is 0. The van der Waals surface area contributed by atoms with Crippen LogP contribution in [0.1, 0.15) is 62.8 Å². The number of allylic oxidation sites excluding steroid dienone is 2. The van der Waals surface area contributed by atoms with Gasteiger partial charge in [0.05, 0.1) is 0 Å². The molecule has 22 heavy (non-hydrogen) atoms. The van der Waals surface area contributed by atoms with Crippen LogP contribution >= 0.6 is 0 Å². The highest BCUT2D eigenvalue weighted by molar-refractivity contribution is 5.19. The first-order chi connectivity index (χ1) is 10.5. The van der Waals surface area contributed by atoms with Crippen LogP contribution in [0.5, 0.6) is 0 Å². The molecule has 1 aliphatic rings. The Kier molecular flexibility index (Phi) is 6.53. The van der Waals surface area contributed by atoms with E-state index >= 15 is 0 Å². The van der Waals surface area contributed by atoms with Gasteiger partial charge in [0.25, 0.3) is 0 Å². The number of rotatable bonds is 6. The quantitative estimate of drug-likeness (QED) is 0.408. The summed E-state index contributed by atoms with van der Waals surface area (Å²) in [5.41, 5.74) is 1.45. The molecule has 0 saturated heterocycles. The predicted octanol–water partition coefficient (Wildman–Crippen LogP) is 6.64. The molecule has 0 unspecified atom stereocenters. The summed E-state index contributed by atoms with van der Waals surface area (Å²) in [5.74, 6) is 1.40. The van der Waals surface area contributed by atoms with Crippen molar-refractivity contribution in [2.45, 2.75) is 63.5 Å². The van der Waals surface area contributed by atoms with Gasteiger partial charge in [-0.2, -0.15) is 13.2 Å². The Labute approximate surface area is 131 Å². The molecule has 0 amide bonds. The summed E-state index contributed by atoms with van der Waals surface area (Å²) in [6.07, 6.45) is 6.03. The Morgan fingerprint density at radius 1 is 0.955 bits per heavy atom. The molecule has 0 bridgehead atoms. The van der Waals surface area contributed by atoms with Crippen LogP contribution < -0.4 is 0 Å². The zero-order valence-corrected chi connectivity index (χ0v) is 13.0. The summed E-state index contributed by atoms with van der Waals surface area (Å²) in [4.78, 5) is 0. The van der Waals surface area contributed by atoms with Crippen LogP contribution in [0.3, 0.4) is 0 Å². The van der Waals surface area contributed by atoms with Gasteiger partial charge in [-0.3, -0.25) is 0 Å². The van der Waals surface area contributed by atoms with Gasteiger partial charge in [-0.1, -0.05) is 42.5 Å². The molecule has 0 spiro atoms. The summed E-state index contributed by atoms with van der Waals surface area (Å²) in [7, 11) is 0. The van der Waals surface area contributed by atoms with E-state index in [9.17, 15) is 13.2 Å². The molecule has 1 fully saturated rings. The molecular formula is C19H25F3. The minimum Gasteiger partial charge on any atom is -0.171 e. The van der Waals surface area contributed by atoms with Crippen LogP contribution in [0.25, 0.3) is 0 Å². The highest BCUT2D eigenvalue weighted by atomic mass is 19.4. The third-order valence-electron chi connectivity index (χ3n) is 4.58. The number of hydrogen-bond donors (Lipinski definition) is 0. The number of benzene rings is 1. The maximum atomic E-state index is 12.0. The molecule has 1 saturated carbocycles. The maximum absolute atomic E-state index is 12.0. The van der Waals surface area contributed by atoms with E-state index in [2.05, 4.69) is 36.4 Å². The monoisotopic (exact) mass is 310 g/mol. The average molecular weight is 310 g/mol. The first kappa shape index (κ1) is 17.1. The standard InChI is InChI=1S/C19H25F3/c20-19(21,22)15-7-2-1-4-8-16-11-13-18(14-12-16)17-9-5-3-6-10-17/h1,3-6,9-10,16,18H,2,7-8,11-15H2. The number of halogens is 3. The van der Waals surface area contributed by atoms with Crippen LogP contribution in [0, 0.1) is 5.92 Å². The van der Waals surface area contributed by atoms with Gasteiger partial charge in [-0.25, -0.2) is 0 Å². The zero-order valence-electron chi connectivity index (χ0n) is 13.0. The molecule has 1 aromatic rings. The van der Waals surface area contributed by atoms with Crippen molar-refractivity contribution in [2.24, 2.45) is 5.92 Å². The molecule has 3 heteroatoms. The van der Waals surface area contributed by atoms with Gasteiger partial charge in [0.15, 0.2) is 0 Å². The second-order valence-electron chi connectivity index (χ2n) is 6.34. The molecular weight excluding hydrogens is 285 g/mol. The van der Waals surface area contributed by atoms with Crippen LogP contribution in [0.4, 0.5) is 13.2 Å². The van der Waals surface area contributed by atoms with E-state index in [1.54, 1.807) is 0 Å². The van der Waals surface area contributed by atoms with Gasteiger partial charge in [0, 0.05) is 6.42 Å². The molecule has 0 aliphatic heterocycles. The fourth-order valence-electron chi connectivity index (χ4n) is 3.28. The van der Waals surface area contributed by atoms with E-state index in [-0.39, 0.29) is 6.42 Å². The van der Waals surface area contributed by atoms with Gasteiger partial charge in [0.2, 0.25) is 0 Å². The molecule has 0 radical (unpaired) electrons. The Morgan fingerprint density at radius 2 is 1.64 bits per heavy atom. The SMILES string of the molecule is FC(F)(F)CCCC=CCC1CCC(c2ccccc2)CC1. The van der Waals surface area contributed by atoms with Crippen molar-refractivity contribution < 1.29 is 13.2 Å². The Hall–Kier alpha value is -1.25. The highest BCUT2D eigenvalue weighted by Gasteiger charge is 2.25. The second-order valence-corrected chi connectivity index (χ2v) is 6.34. The lowest BCUT2D eigenvalue weighted by Gasteiger charge is -2.28. The molecule has 122 valence electrons. The van der Waals surface area contributed by atoms with Crippen LogP contribution in [-0.2, 0) is 0 Å². The normalized spacial score (nSPS) is 23.0. The van der Waals surface area contributed by atoms with Gasteiger partial charge in [0.1, 0.15) is 0 Å². The topological polar surface area (TPSA) is 0 Å². The van der Waals surface area contributed by atoms with E-state index in [1.165, 1.54) is 31.2 Å². The summed E-state index contributed by atoms with van der Waals surface area (Å²) in [6.45, 7) is 0. The van der Waals surface area contributed by atoms with Crippen molar-refractivity contribution in [1.82, 2.24) is 0 Å². The van der Waals surface area contributed by atoms with Crippen molar-refractivity contribution in [3.63, 3.8) is 0 Å². The van der Waals surface area contributed by atoms with Crippen LogP contribution in [-0.4, -0.2) is 6.18 Å². The fraction of sp³-hybridized carbons (Fsp3) is 0.579. The minimum atomic E-state index is -4.01. The van der Waals surface area contributed by atoms with Crippen LogP contribution in [0.15, 0.2) is 42.5 Å². The molecule has 2 rings (SSSR count). The molecule has 0 heterocycles. The van der Waals surface area contributed by atoms with E-state index in [0.29, 0.717) is 18.3 Å². The number of unbranched alkanes of at least 4 members (excludes halogenated alkanes) is 1. The Balaban J connectivity index is 1.61. The smallest absolute Gasteiger partial charge is 0.171 e. The van der Waals surface area contributed by atoms with Crippen LogP contribution in [0.2, 0.25) is 0 Å². The van der Waals surface area contributed by atoms with Crippen molar-refractivity contribution in [3.8, 4) is 0 Å². The average Bonchev–Trinajstić information content (AvgIpc) is 2.51. The molecule has 0 nitrogen and oxygen atoms in total. The highest BCUT2D eigenvalue weighted by Crippen LogP contribution is 2.37. The zero-order chi connectivity index (χ0) is 15.8. The third kappa shape index (κ3) is 6.25. The van der Waals surface area contributed by atoms with Gasteiger partial charge >= 0.3 is 6.18 Å². The van der Waals surface area contributed by atoms with Gasteiger partial charge in [-0.15, -0.1) is 0 Å². The van der Waals surface area contributed by atoms with Crippen molar-refractivity contribution >= 4 is 0 Å². The van der Waals surface area contributed by atoms with E-state index < -0.39 is 12.6 Å². The molecule has 1 aliphatic carbocycles. The predicted molar refractivity (Wildman–Crippen MR) is 84.8 cm³/mol. The Morgan fingerprint density at radius 3 is 2.27 bits per heavy atom. The minimum absolute atomic E-state index is 0.209. The van der Waals surface area contributed by atoms with Crippen molar-refractivity contribution in [2.75, 3.05) is 0 Å². The number of alkyl halides is 3. The lowest BCUT2D eigenvalue weighted by atomic mass is 9.77. The largest absolute Gasteiger partial charge is 0.389 e. The molecule has 0 N–H and O–H groups in total. The lowest BCUT2D eigenvalue weighted by Crippen LogP contribution is -2.12. The van der Waals surface area contributed by atoms with Crippen molar-refractivity contribution in [1.29, 1.82) is 0 Å². The summed E-state index contributed by atoms with van der Waals surface area (Å²) in [6, 6.07) is 10.7. The van der Waals surface area contributed by atoms with E-state index in [0.717, 1.165) is 6.42 Å². The fourth-order valence-corrected chi connectivity index (χ4v) is 3.28. The Bertz CT molecular complexity index is 439. The van der Waals surface area contributed by atoms with Crippen molar-refractivity contribution in [3.05, 3.63) is 48.0 Å². The maximum Gasteiger partial charge on any atom is 0.389 e. The molecule has 1 aromatic carbocycles. The first-order valence-corrected chi connectivity index (χ1v) is 8.31. The molecule has 0 atom stereocenters. The second kappa shape index (κ2) is 8.40. The summed E-state index contributed by atoms with van der Waals surface area (Å²) >= 11 is 0. The van der Waals surface area contributed by atoms with Gasteiger partial charge < -0.3 is 0 Å². The summed E-state index contributed by atoms with van der Waals surface area (Å²) < 4.78 is 36.0. The lowest BCUT2D eigenvalue weighted by molar-refractivity contribution is -0.135. The van der Waals surface area contributed by atoms with E-state index in [4.69, 9.17) is 0 Å².